The molecule has 1 fully saturated rings. The van der Waals surface area contributed by atoms with E-state index < -0.39 is 0 Å². The number of fused-ring (bicyclic) bond motifs is 1. The number of nitrogens with zero attached hydrogens (tertiary/aromatic N) is 1. The van der Waals surface area contributed by atoms with Gasteiger partial charge >= 0.3 is 6.09 Å². The number of para-hydroxylation sites is 1. The number of aryl methyl sites for hydroxylation is 1. The molecule has 0 radical (unpaired) electrons. The summed E-state index contributed by atoms with van der Waals surface area (Å²) in [5.41, 5.74) is 5.74. The van der Waals surface area contributed by atoms with E-state index in [1.54, 1.807) is 0 Å². The Morgan fingerprint density at radius 3 is 2.23 bits per heavy atom. The summed E-state index contributed by atoms with van der Waals surface area (Å²) in [6, 6.07) is 38.1. The predicted octanol–water partition coefficient (Wildman–Crippen LogP) is 7.78. The number of carbonyl (C=O) groups is 1. The van der Waals surface area contributed by atoms with Gasteiger partial charge in [-0.1, -0.05) is 84.9 Å². The average Bonchev–Trinajstić information content (AvgIpc) is 3.01. The van der Waals surface area contributed by atoms with Crippen molar-refractivity contribution in [1.29, 1.82) is 0 Å². The Bertz CT molecular complexity index is 1400. The molecule has 0 bridgehead atoms. The molecule has 1 saturated heterocycles. The van der Waals surface area contributed by atoms with Gasteiger partial charge in [-0.3, -0.25) is 10.2 Å². The zero-order chi connectivity index (χ0) is 27.2. The van der Waals surface area contributed by atoms with Crippen LogP contribution in [0.4, 0.5) is 10.5 Å². The molecule has 1 amide bonds. The summed E-state index contributed by atoms with van der Waals surface area (Å²) in [7, 11) is 0. The maximum Gasteiger partial charge on any atom is 0.411 e. The Kier molecular flexibility index (Phi) is 7.83. The topological polar surface area (TPSA) is 50.8 Å². The molecule has 2 heterocycles. The molecule has 1 unspecified atom stereocenters. The monoisotopic (exact) mass is 532 g/mol. The summed E-state index contributed by atoms with van der Waals surface area (Å²) in [5.74, 6) is 0.918. The lowest BCUT2D eigenvalue weighted by atomic mass is 9.68. The van der Waals surface area contributed by atoms with Crippen LogP contribution in [0.1, 0.15) is 47.6 Å². The van der Waals surface area contributed by atoms with Crippen molar-refractivity contribution in [2.24, 2.45) is 5.41 Å². The predicted molar refractivity (Wildman–Crippen MR) is 158 cm³/mol. The lowest BCUT2D eigenvalue weighted by Gasteiger charge is -2.47. The molecule has 4 aromatic rings. The minimum absolute atomic E-state index is 0.00247. The van der Waals surface area contributed by atoms with E-state index in [0.717, 1.165) is 62.3 Å². The van der Waals surface area contributed by atoms with Crippen molar-refractivity contribution in [2.45, 2.75) is 44.9 Å². The summed E-state index contributed by atoms with van der Waals surface area (Å²) >= 11 is 0. The maximum absolute atomic E-state index is 11.6. The van der Waals surface area contributed by atoms with E-state index in [4.69, 9.17) is 9.47 Å². The largest absolute Gasteiger partial charge is 0.485 e. The van der Waals surface area contributed by atoms with Gasteiger partial charge in [-0.25, -0.2) is 4.79 Å². The third kappa shape index (κ3) is 6.05. The maximum atomic E-state index is 11.6. The first-order valence-electron chi connectivity index (χ1n) is 14.3. The first kappa shape index (κ1) is 26.1. The van der Waals surface area contributed by atoms with Crippen LogP contribution in [0.3, 0.4) is 0 Å². The van der Waals surface area contributed by atoms with Crippen molar-refractivity contribution >= 4 is 11.8 Å². The molecule has 0 aromatic heterocycles. The van der Waals surface area contributed by atoms with Gasteiger partial charge < -0.3 is 9.47 Å². The highest BCUT2D eigenvalue weighted by molar-refractivity contribution is 5.87. The molecule has 0 spiro atoms. The van der Waals surface area contributed by atoms with Gasteiger partial charge in [-0.2, -0.15) is 0 Å². The van der Waals surface area contributed by atoms with E-state index in [2.05, 4.69) is 95.1 Å². The van der Waals surface area contributed by atoms with Crippen LogP contribution in [0.25, 0.3) is 0 Å². The minimum atomic E-state index is -0.381. The van der Waals surface area contributed by atoms with E-state index in [9.17, 15) is 4.79 Å². The number of ether oxygens (including phenoxy) is 2. The number of rotatable bonds is 9. The number of benzene rings is 4. The Hall–Kier alpha value is -4.09. The highest BCUT2D eigenvalue weighted by atomic mass is 16.5. The lowest BCUT2D eigenvalue weighted by Crippen LogP contribution is -2.44. The molecule has 0 aliphatic carbocycles. The smallest absolute Gasteiger partial charge is 0.411 e. The van der Waals surface area contributed by atoms with Gasteiger partial charge in [0, 0.05) is 17.5 Å². The van der Waals surface area contributed by atoms with Crippen molar-refractivity contribution in [3.63, 3.8) is 0 Å². The Morgan fingerprint density at radius 2 is 1.50 bits per heavy atom. The summed E-state index contributed by atoms with van der Waals surface area (Å²) in [6.07, 6.45) is 3.78. The third-order valence-corrected chi connectivity index (χ3v) is 8.43. The quantitative estimate of drug-likeness (QED) is 0.239. The number of hydrogen-bond acceptors (Lipinski definition) is 4. The van der Waals surface area contributed by atoms with Gasteiger partial charge in [0.2, 0.25) is 0 Å². The number of likely N-dealkylation sites (tertiary alicyclic amines) is 1. The Balaban J connectivity index is 1.24. The zero-order valence-electron chi connectivity index (χ0n) is 22.8. The number of anilines is 1. The first-order chi connectivity index (χ1) is 19.7. The molecule has 5 nitrogen and oxygen atoms in total. The molecule has 6 rings (SSSR count). The molecule has 2 aliphatic rings. The van der Waals surface area contributed by atoms with E-state index >= 15 is 0 Å². The van der Waals surface area contributed by atoms with Crippen LogP contribution in [0.15, 0.2) is 109 Å². The van der Waals surface area contributed by atoms with Gasteiger partial charge in [-0.15, -0.1) is 0 Å². The molecule has 2 aliphatic heterocycles. The number of amides is 1. The van der Waals surface area contributed by atoms with Crippen LogP contribution in [0.2, 0.25) is 0 Å². The molecule has 204 valence electrons. The van der Waals surface area contributed by atoms with Crippen LogP contribution in [0, 0.1) is 5.41 Å². The van der Waals surface area contributed by atoms with Gasteiger partial charge in [-0.05, 0) is 79.7 Å². The fourth-order valence-electron chi connectivity index (χ4n) is 6.18. The number of carbonyl (C=O) groups excluding carboxylic acids is 1. The molecular weight excluding hydrogens is 496 g/mol. The second-order valence-corrected chi connectivity index (χ2v) is 11.0. The molecule has 1 N–H and O–H groups in total. The zero-order valence-corrected chi connectivity index (χ0v) is 22.8. The number of piperidine rings is 1. The summed E-state index contributed by atoms with van der Waals surface area (Å²) in [5, 5.41) is 2.79. The standard InChI is InChI=1S/C35H36N2O3/c38-34-36-32-17-16-28(24-30(32)26-39-34)25-37-22-20-35(21-23-37,19-18-27-10-4-1-5-11-27)33(29-12-6-2-7-13-29)40-31-14-8-3-9-15-31/h1-17,24,33H,18-23,25-26H2,(H,36,38). The van der Waals surface area contributed by atoms with Gasteiger partial charge in [0.1, 0.15) is 18.5 Å². The normalized spacial score (nSPS) is 17.2. The second-order valence-electron chi connectivity index (χ2n) is 11.0. The molecule has 1 atom stereocenters. The van der Waals surface area contributed by atoms with Gasteiger partial charge in [0.25, 0.3) is 0 Å². The minimum Gasteiger partial charge on any atom is -0.485 e. The third-order valence-electron chi connectivity index (χ3n) is 8.43. The van der Waals surface area contributed by atoms with Crippen molar-refractivity contribution < 1.29 is 14.3 Å². The summed E-state index contributed by atoms with van der Waals surface area (Å²) < 4.78 is 12.1. The van der Waals surface area contributed by atoms with E-state index in [0.29, 0.717) is 6.61 Å². The number of nitrogens with one attached hydrogen (secondary N) is 1. The van der Waals surface area contributed by atoms with Crippen LogP contribution in [-0.4, -0.2) is 24.1 Å². The number of cyclic esters (lactones) is 1. The van der Waals surface area contributed by atoms with E-state index in [1.165, 1.54) is 16.7 Å². The Labute approximate surface area is 236 Å². The average molecular weight is 533 g/mol. The molecule has 5 heteroatoms. The van der Waals surface area contributed by atoms with Crippen LogP contribution >= 0.6 is 0 Å². The van der Waals surface area contributed by atoms with Crippen LogP contribution in [-0.2, 0) is 24.3 Å². The van der Waals surface area contributed by atoms with Crippen molar-refractivity contribution in [3.05, 3.63) is 131 Å². The SMILES string of the molecule is O=C1Nc2ccc(CN3CCC(CCc4ccccc4)(C(Oc4ccccc4)c4ccccc4)CC3)cc2CO1. The van der Waals surface area contributed by atoms with Crippen molar-refractivity contribution in [2.75, 3.05) is 18.4 Å². The first-order valence-corrected chi connectivity index (χ1v) is 14.3. The van der Waals surface area contributed by atoms with E-state index in [-0.39, 0.29) is 17.6 Å². The van der Waals surface area contributed by atoms with Gasteiger partial charge in [0.15, 0.2) is 0 Å². The van der Waals surface area contributed by atoms with Crippen molar-refractivity contribution in [1.82, 2.24) is 4.90 Å². The fraction of sp³-hybridized carbons (Fsp3) is 0.286. The molecule has 40 heavy (non-hydrogen) atoms. The second kappa shape index (κ2) is 12.0. The van der Waals surface area contributed by atoms with E-state index in [1.807, 2.05) is 24.3 Å². The molecule has 4 aromatic carbocycles. The highest BCUT2D eigenvalue weighted by Crippen LogP contribution is 2.49. The fourth-order valence-corrected chi connectivity index (χ4v) is 6.18. The summed E-state index contributed by atoms with van der Waals surface area (Å²) in [4.78, 5) is 14.1. The summed E-state index contributed by atoms with van der Waals surface area (Å²) in [6.45, 7) is 3.21. The molecule has 0 saturated carbocycles. The number of hydrogen-bond donors (Lipinski definition) is 1. The molecular formula is C35H36N2O3. The highest BCUT2D eigenvalue weighted by Gasteiger charge is 2.43. The van der Waals surface area contributed by atoms with Gasteiger partial charge in [0.05, 0.1) is 5.69 Å². The van der Waals surface area contributed by atoms with Crippen molar-refractivity contribution in [3.8, 4) is 5.75 Å². The lowest BCUT2D eigenvalue weighted by molar-refractivity contribution is -0.0186. The Morgan fingerprint density at radius 1 is 0.825 bits per heavy atom. The van der Waals surface area contributed by atoms with Crippen LogP contribution < -0.4 is 10.1 Å². The van der Waals surface area contributed by atoms with Crippen LogP contribution in [0.5, 0.6) is 5.75 Å².